The first-order chi connectivity index (χ1) is 17.1. The lowest BCUT2D eigenvalue weighted by molar-refractivity contribution is 0.0950. The Hall–Kier alpha value is -3.80. The van der Waals surface area contributed by atoms with Gasteiger partial charge < -0.3 is 19.4 Å². The van der Waals surface area contributed by atoms with Crippen molar-refractivity contribution < 1.29 is 14.3 Å². The summed E-state index contributed by atoms with van der Waals surface area (Å²) in [6.45, 7) is 6.24. The molecule has 0 atom stereocenters. The van der Waals surface area contributed by atoms with Gasteiger partial charge in [-0.2, -0.15) is 0 Å². The van der Waals surface area contributed by atoms with Gasteiger partial charge in [0.1, 0.15) is 17.3 Å². The Bertz CT molecular complexity index is 1300. The first-order valence-corrected chi connectivity index (χ1v) is 12.1. The number of carbonyl (C=O) groups excluding carboxylic acids is 1. The molecule has 1 N–H and O–H groups in total. The monoisotopic (exact) mass is 471 g/mol. The van der Waals surface area contributed by atoms with Crippen molar-refractivity contribution in [2.45, 2.75) is 39.7 Å². The first-order valence-electron chi connectivity index (χ1n) is 12.1. The molecule has 35 heavy (non-hydrogen) atoms. The number of benzene rings is 3. The van der Waals surface area contributed by atoms with Crippen molar-refractivity contribution in [3.8, 4) is 11.5 Å². The van der Waals surface area contributed by atoms with Gasteiger partial charge >= 0.3 is 0 Å². The van der Waals surface area contributed by atoms with E-state index in [1.165, 1.54) is 11.1 Å². The predicted molar refractivity (Wildman–Crippen MR) is 139 cm³/mol. The fourth-order valence-corrected chi connectivity index (χ4v) is 4.16. The molecule has 0 aliphatic heterocycles. The number of rotatable bonds is 11. The molecule has 0 radical (unpaired) electrons. The Morgan fingerprint density at radius 3 is 2.60 bits per heavy atom. The normalized spacial score (nSPS) is 10.9. The van der Waals surface area contributed by atoms with Gasteiger partial charge in [0.2, 0.25) is 0 Å². The standard InChI is InChI=1S/C29H33N3O3/c1-21-15-16-23(20-22(21)2)35-19-9-18-32-26-12-6-5-11-25(26)31-28(32)14-8-17-30-29(33)24-10-4-7-13-27(24)34-3/h4-7,10-13,15-16,20H,8-9,14,17-19H2,1-3H3,(H,30,33). The van der Waals surface area contributed by atoms with Crippen LogP contribution in [0.2, 0.25) is 0 Å². The SMILES string of the molecule is COc1ccccc1C(=O)NCCCc1nc2ccccc2n1CCCOc1ccc(C)c(C)c1. The maximum absolute atomic E-state index is 12.5. The highest BCUT2D eigenvalue weighted by atomic mass is 16.5. The molecular weight excluding hydrogens is 438 g/mol. The molecule has 4 rings (SSSR count). The summed E-state index contributed by atoms with van der Waals surface area (Å²) in [5.74, 6) is 2.40. The van der Waals surface area contributed by atoms with Gasteiger partial charge in [0.25, 0.3) is 5.91 Å². The Morgan fingerprint density at radius 2 is 1.77 bits per heavy atom. The number of ether oxygens (including phenoxy) is 2. The number of aromatic nitrogens is 2. The van der Waals surface area contributed by atoms with Crippen LogP contribution in [0.5, 0.6) is 11.5 Å². The average molecular weight is 472 g/mol. The van der Waals surface area contributed by atoms with E-state index in [0.717, 1.165) is 48.4 Å². The minimum absolute atomic E-state index is 0.126. The quantitative estimate of drug-likeness (QED) is 0.294. The molecule has 0 saturated carbocycles. The van der Waals surface area contributed by atoms with Gasteiger partial charge in [0, 0.05) is 19.5 Å². The van der Waals surface area contributed by atoms with E-state index >= 15 is 0 Å². The molecule has 3 aromatic carbocycles. The van der Waals surface area contributed by atoms with Crippen LogP contribution in [0.25, 0.3) is 11.0 Å². The number of hydrogen-bond donors (Lipinski definition) is 1. The fraction of sp³-hybridized carbons (Fsp3) is 0.310. The zero-order valence-corrected chi connectivity index (χ0v) is 20.7. The van der Waals surface area contributed by atoms with E-state index in [9.17, 15) is 4.79 Å². The van der Waals surface area contributed by atoms with E-state index in [0.29, 0.717) is 24.5 Å². The first kappa shape index (κ1) is 24.3. The van der Waals surface area contributed by atoms with E-state index in [2.05, 4.69) is 41.9 Å². The Kier molecular flexibility index (Phi) is 8.03. The highest BCUT2D eigenvalue weighted by Crippen LogP contribution is 2.20. The summed E-state index contributed by atoms with van der Waals surface area (Å²) >= 11 is 0. The maximum atomic E-state index is 12.5. The summed E-state index contributed by atoms with van der Waals surface area (Å²) in [6.07, 6.45) is 2.45. The van der Waals surface area contributed by atoms with Gasteiger partial charge in [-0.15, -0.1) is 0 Å². The van der Waals surface area contributed by atoms with Crippen LogP contribution >= 0.6 is 0 Å². The van der Waals surface area contributed by atoms with Gasteiger partial charge in [-0.25, -0.2) is 4.98 Å². The van der Waals surface area contributed by atoms with Gasteiger partial charge in [0.05, 0.1) is 30.3 Å². The summed E-state index contributed by atoms with van der Waals surface area (Å²) < 4.78 is 13.6. The molecule has 182 valence electrons. The second-order valence-electron chi connectivity index (χ2n) is 8.68. The number of imidazole rings is 1. The van der Waals surface area contributed by atoms with Crippen LogP contribution in [0.4, 0.5) is 0 Å². The average Bonchev–Trinajstić information content (AvgIpc) is 3.23. The molecule has 4 aromatic rings. The fourth-order valence-electron chi connectivity index (χ4n) is 4.16. The van der Waals surface area contributed by atoms with Crippen molar-refractivity contribution in [1.29, 1.82) is 0 Å². The molecule has 0 spiro atoms. The number of amides is 1. The molecular formula is C29H33N3O3. The minimum Gasteiger partial charge on any atom is -0.496 e. The smallest absolute Gasteiger partial charge is 0.255 e. The van der Waals surface area contributed by atoms with Crippen LogP contribution in [0, 0.1) is 13.8 Å². The molecule has 0 bridgehead atoms. The molecule has 0 aliphatic carbocycles. The summed E-state index contributed by atoms with van der Waals surface area (Å²) in [7, 11) is 1.57. The summed E-state index contributed by atoms with van der Waals surface area (Å²) in [5, 5.41) is 3.00. The second-order valence-corrected chi connectivity index (χ2v) is 8.68. The van der Waals surface area contributed by atoms with Crippen LogP contribution in [-0.2, 0) is 13.0 Å². The number of para-hydroxylation sites is 3. The van der Waals surface area contributed by atoms with Crippen molar-refractivity contribution in [3.63, 3.8) is 0 Å². The highest BCUT2D eigenvalue weighted by Gasteiger charge is 2.13. The molecule has 1 aromatic heterocycles. The molecule has 6 heteroatoms. The van der Waals surface area contributed by atoms with Crippen molar-refractivity contribution >= 4 is 16.9 Å². The van der Waals surface area contributed by atoms with Gasteiger partial charge in [0.15, 0.2) is 0 Å². The largest absolute Gasteiger partial charge is 0.496 e. The van der Waals surface area contributed by atoms with Gasteiger partial charge in [-0.3, -0.25) is 4.79 Å². The lowest BCUT2D eigenvalue weighted by Gasteiger charge is -2.12. The molecule has 6 nitrogen and oxygen atoms in total. The van der Waals surface area contributed by atoms with Crippen molar-refractivity contribution in [1.82, 2.24) is 14.9 Å². The minimum atomic E-state index is -0.126. The van der Waals surface area contributed by atoms with Crippen LogP contribution in [-0.4, -0.2) is 35.7 Å². The zero-order valence-electron chi connectivity index (χ0n) is 20.7. The molecule has 0 saturated heterocycles. The maximum Gasteiger partial charge on any atom is 0.255 e. The van der Waals surface area contributed by atoms with Crippen molar-refractivity contribution in [2.24, 2.45) is 0 Å². The molecule has 0 aliphatic rings. The van der Waals surface area contributed by atoms with Crippen LogP contribution in [0.1, 0.15) is 40.2 Å². The van der Waals surface area contributed by atoms with E-state index in [4.69, 9.17) is 14.5 Å². The molecule has 0 unspecified atom stereocenters. The second kappa shape index (κ2) is 11.6. The predicted octanol–water partition coefficient (Wildman–Crippen LogP) is 5.49. The Labute approximate surface area is 206 Å². The van der Waals surface area contributed by atoms with Crippen molar-refractivity contribution in [3.05, 3.63) is 89.2 Å². The van der Waals surface area contributed by atoms with Crippen LogP contribution < -0.4 is 14.8 Å². The van der Waals surface area contributed by atoms with E-state index in [1.54, 1.807) is 19.2 Å². The van der Waals surface area contributed by atoms with E-state index in [1.807, 2.05) is 36.4 Å². The zero-order chi connectivity index (χ0) is 24.6. The van der Waals surface area contributed by atoms with Crippen LogP contribution in [0.15, 0.2) is 66.7 Å². The number of fused-ring (bicyclic) bond motifs is 1. The third kappa shape index (κ3) is 6.01. The summed E-state index contributed by atoms with van der Waals surface area (Å²) in [4.78, 5) is 17.4. The lowest BCUT2D eigenvalue weighted by Crippen LogP contribution is -2.25. The van der Waals surface area contributed by atoms with Gasteiger partial charge in [-0.1, -0.05) is 30.3 Å². The number of aryl methyl sites for hydroxylation is 4. The van der Waals surface area contributed by atoms with Crippen LogP contribution in [0.3, 0.4) is 0 Å². The number of hydrogen-bond acceptors (Lipinski definition) is 4. The number of nitrogens with one attached hydrogen (secondary N) is 1. The molecule has 1 heterocycles. The Balaban J connectivity index is 1.33. The van der Waals surface area contributed by atoms with E-state index < -0.39 is 0 Å². The Morgan fingerprint density at radius 1 is 0.971 bits per heavy atom. The molecule has 0 fully saturated rings. The topological polar surface area (TPSA) is 65.4 Å². The third-order valence-corrected chi connectivity index (χ3v) is 6.22. The van der Waals surface area contributed by atoms with E-state index in [-0.39, 0.29) is 5.91 Å². The number of methoxy groups -OCH3 is 1. The van der Waals surface area contributed by atoms with Crippen molar-refractivity contribution in [2.75, 3.05) is 20.3 Å². The number of nitrogens with zero attached hydrogens (tertiary/aromatic N) is 2. The summed E-state index contributed by atoms with van der Waals surface area (Å²) in [5.41, 5.74) is 5.18. The highest BCUT2D eigenvalue weighted by molar-refractivity contribution is 5.96. The number of carbonyl (C=O) groups is 1. The lowest BCUT2D eigenvalue weighted by atomic mass is 10.1. The third-order valence-electron chi connectivity index (χ3n) is 6.22. The summed E-state index contributed by atoms with van der Waals surface area (Å²) in [6, 6.07) is 21.7. The molecule has 1 amide bonds. The van der Waals surface area contributed by atoms with Gasteiger partial charge in [-0.05, 0) is 74.2 Å².